The molecule has 0 fully saturated rings. The average Bonchev–Trinajstić information content (AvgIpc) is 2.54. The number of aromatic nitrogens is 2. The van der Waals surface area contributed by atoms with Gasteiger partial charge in [0.2, 0.25) is 11.9 Å². The number of carbonyl (C=O) groups excluding carboxylic acids is 1. The standard InChI is InChI=1S/C17H19F3N4O/c1-11(24-12(2)25)13-3-5-14(6-4-13)15-9-22-16(23-10-15)21-8-7-17(18,19)20/h3-6,9-11H,7-8H2,1-2H3,(H,24,25)(H,21,22,23)/t11-/m0/s1. The second-order valence-corrected chi connectivity index (χ2v) is 5.63. The average molecular weight is 352 g/mol. The number of carbonyl (C=O) groups is 1. The summed E-state index contributed by atoms with van der Waals surface area (Å²) in [6.07, 6.45) is -2.04. The third-order valence-corrected chi connectivity index (χ3v) is 3.51. The van der Waals surface area contributed by atoms with E-state index in [4.69, 9.17) is 0 Å². The van der Waals surface area contributed by atoms with Crippen molar-refractivity contribution in [3.63, 3.8) is 0 Å². The van der Waals surface area contributed by atoms with Crippen LogP contribution in [0.2, 0.25) is 0 Å². The van der Waals surface area contributed by atoms with Crippen molar-refractivity contribution >= 4 is 11.9 Å². The quantitative estimate of drug-likeness (QED) is 0.832. The molecule has 5 nitrogen and oxygen atoms in total. The third kappa shape index (κ3) is 6.06. The zero-order valence-electron chi connectivity index (χ0n) is 13.9. The fraction of sp³-hybridized carbons (Fsp3) is 0.353. The molecule has 134 valence electrons. The Bertz CT molecular complexity index is 699. The Morgan fingerprint density at radius 3 is 2.24 bits per heavy atom. The first kappa shape index (κ1) is 18.7. The Labute approximate surface area is 143 Å². The number of hydrogen-bond acceptors (Lipinski definition) is 4. The van der Waals surface area contributed by atoms with Crippen LogP contribution >= 0.6 is 0 Å². The Morgan fingerprint density at radius 1 is 1.12 bits per heavy atom. The van der Waals surface area contributed by atoms with Crippen molar-refractivity contribution in [1.82, 2.24) is 15.3 Å². The molecule has 0 aliphatic heterocycles. The molecule has 2 rings (SSSR count). The second kappa shape index (κ2) is 7.96. The molecule has 1 aromatic carbocycles. The molecular weight excluding hydrogens is 333 g/mol. The lowest BCUT2D eigenvalue weighted by Gasteiger charge is -2.13. The van der Waals surface area contributed by atoms with Gasteiger partial charge in [0.15, 0.2) is 0 Å². The summed E-state index contributed by atoms with van der Waals surface area (Å²) < 4.78 is 36.3. The Balaban J connectivity index is 1.98. The molecule has 1 heterocycles. The molecule has 0 saturated carbocycles. The topological polar surface area (TPSA) is 66.9 Å². The van der Waals surface area contributed by atoms with Crippen LogP contribution in [-0.4, -0.2) is 28.6 Å². The largest absolute Gasteiger partial charge is 0.390 e. The first-order valence-corrected chi connectivity index (χ1v) is 7.75. The molecule has 2 aromatic rings. The minimum absolute atomic E-state index is 0.0944. The van der Waals surface area contributed by atoms with Gasteiger partial charge in [-0.25, -0.2) is 9.97 Å². The lowest BCUT2D eigenvalue weighted by Crippen LogP contribution is -2.23. The van der Waals surface area contributed by atoms with Gasteiger partial charge in [0.05, 0.1) is 12.5 Å². The number of halogens is 3. The van der Waals surface area contributed by atoms with E-state index in [-0.39, 0.29) is 24.4 Å². The van der Waals surface area contributed by atoms with Crippen molar-refractivity contribution in [2.75, 3.05) is 11.9 Å². The van der Waals surface area contributed by atoms with Gasteiger partial charge >= 0.3 is 6.18 Å². The molecule has 0 spiro atoms. The number of anilines is 1. The van der Waals surface area contributed by atoms with E-state index in [2.05, 4.69) is 20.6 Å². The molecule has 1 aromatic heterocycles. The summed E-state index contributed by atoms with van der Waals surface area (Å²) in [7, 11) is 0. The summed E-state index contributed by atoms with van der Waals surface area (Å²) in [4.78, 5) is 19.1. The van der Waals surface area contributed by atoms with E-state index >= 15 is 0 Å². The van der Waals surface area contributed by atoms with Crippen LogP contribution in [0.4, 0.5) is 19.1 Å². The molecule has 0 bridgehead atoms. The first-order valence-electron chi connectivity index (χ1n) is 7.75. The van der Waals surface area contributed by atoms with Crippen molar-refractivity contribution in [1.29, 1.82) is 0 Å². The van der Waals surface area contributed by atoms with Gasteiger partial charge in [-0.1, -0.05) is 24.3 Å². The Kier molecular flexibility index (Phi) is 5.95. The summed E-state index contributed by atoms with van der Waals surface area (Å²) >= 11 is 0. The highest BCUT2D eigenvalue weighted by Crippen LogP contribution is 2.22. The molecule has 0 radical (unpaired) electrons. The third-order valence-electron chi connectivity index (χ3n) is 3.51. The van der Waals surface area contributed by atoms with Crippen LogP contribution in [0.1, 0.15) is 31.9 Å². The maximum Gasteiger partial charge on any atom is 0.390 e. The number of hydrogen-bond donors (Lipinski definition) is 2. The second-order valence-electron chi connectivity index (χ2n) is 5.63. The SMILES string of the molecule is CC(=O)N[C@@H](C)c1ccc(-c2cnc(NCCC(F)(F)F)nc2)cc1. The van der Waals surface area contributed by atoms with Gasteiger partial charge < -0.3 is 10.6 Å². The van der Waals surface area contributed by atoms with Gasteiger partial charge in [0.1, 0.15) is 0 Å². The van der Waals surface area contributed by atoms with E-state index in [1.807, 2.05) is 31.2 Å². The van der Waals surface area contributed by atoms with E-state index in [0.29, 0.717) is 0 Å². The number of amides is 1. The number of nitrogens with one attached hydrogen (secondary N) is 2. The molecular formula is C17H19F3N4O. The number of benzene rings is 1. The minimum atomic E-state index is -4.21. The zero-order chi connectivity index (χ0) is 18.4. The van der Waals surface area contributed by atoms with Crippen LogP contribution in [0, 0.1) is 0 Å². The highest BCUT2D eigenvalue weighted by Gasteiger charge is 2.26. The normalized spacial score (nSPS) is 12.5. The van der Waals surface area contributed by atoms with E-state index in [1.165, 1.54) is 6.92 Å². The van der Waals surface area contributed by atoms with Gasteiger partial charge in [-0.05, 0) is 18.1 Å². The van der Waals surface area contributed by atoms with E-state index in [1.54, 1.807) is 12.4 Å². The predicted octanol–water partition coefficient (Wildman–Crippen LogP) is 3.71. The molecule has 2 N–H and O–H groups in total. The number of nitrogens with zero attached hydrogens (tertiary/aromatic N) is 2. The summed E-state index contributed by atoms with van der Waals surface area (Å²) in [5.41, 5.74) is 2.59. The van der Waals surface area contributed by atoms with Crippen LogP contribution in [-0.2, 0) is 4.79 Å². The minimum Gasteiger partial charge on any atom is -0.354 e. The molecule has 8 heteroatoms. The highest BCUT2D eigenvalue weighted by atomic mass is 19.4. The predicted molar refractivity (Wildman–Crippen MR) is 88.9 cm³/mol. The van der Waals surface area contributed by atoms with Gasteiger partial charge in [0, 0.05) is 31.4 Å². The van der Waals surface area contributed by atoms with E-state index < -0.39 is 12.6 Å². The van der Waals surface area contributed by atoms with Crippen molar-refractivity contribution in [2.45, 2.75) is 32.5 Å². The zero-order valence-corrected chi connectivity index (χ0v) is 13.9. The molecule has 0 aliphatic rings. The summed E-state index contributed by atoms with van der Waals surface area (Å²) in [6, 6.07) is 7.45. The van der Waals surface area contributed by atoms with Gasteiger partial charge in [-0.15, -0.1) is 0 Å². The smallest absolute Gasteiger partial charge is 0.354 e. The highest BCUT2D eigenvalue weighted by molar-refractivity contribution is 5.73. The van der Waals surface area contributed by atoms with Crippen molar-refractivity contribution in [3.05, 3.63) is 42.2 Å². The van der Waals surface area contributed by atoms with Crippen LogP contribution in [0.25, 0.3) is 11.1 Å². The van der Waals surface area contributed by atoms with Crippen molar-refractivity contribution in [2.24, 2.45) is 0 Å². The Hall–Kier alpha value is -2.64. The van der Waals surface area contributed by atoms with Crippen LogP contribution in [0.5, 0.6) is 0 Å². The molecule has 0 aliphatic carbocycles. The van der Waals surface area contributed by atoms with Crippen LogP contribution in [0.15, 0.2) is 36.7 Å². The van der Waals surface area contributed by atoms with E-state index in [9.17, 15) is 18.0 Å². The van der Waals surface area contributed by atoms with Gasteiger partial charge in [-0.3, -0.25) is 4.79 Å². The lowest BCUT2D eigenvalue weighted by atomic mass is 10.0. The monoisotopic (exact) mass is 352 g/mol. The van der Waals surface area contributed by atoms with Crippen LogP contribution in [0.3, 0.4) is 0 Å². The molecule has 1 amide bonds. The maximum absolute atomic E-state index is 12.1. The summed E-state index contributed by atoms with van der Waals surface area (Å²) in [5.74, 6) is 0.0579. The molecule has 25 heavy (non-hydrogen) atoms. The van der Waals surface area contributed by atoms with E-state index in [0.717, 1.165) is 16.7 Å². The molecule has 1 atom stereocenters. The van der Waals surface area contributed by atoms with Crippen molar-refractivity contribution in [3.8, 4) is 11.1 Å². The summed E-state index contributed by atoms with van der Waals surface area (Å²) in [6.45, 7) is 3.09. The number of alkyl halides is 3. The number of rotatable bonds is 6. The molecule has 0 saturated heterocycles. The lowest BCUT2D eigenvalue weighted by molar-refractivity contribution is -0.131. The fourth-order valence-electron chi connectivity index (χ4n) is 2.24. The van der Waals surface area contributed by atoms with Crippen LogP contribution < -0.4 is 10.6 Å². The van der Waals surface area contributed by atoms with Gasteiger partial charge in [-0.2, -0.15) is 13.2 Å². The first-order chi connectivity index (χ1) is 11.7. The fourth-order valence-corrected chi connectivity index (χ4v) is 2.24. The summed E-state index contributed by atoms with van der Waals surface area (Å²) in [5, 5.41) is 5.34. The molecule has 0 unspecified atom stereocenters. The Morgan fingerprint density at radius 2 is 1.72 bits per heavy atom. The van der Waals surface area contributed by atoms with Crippen molar-refractivity contribution < 1.29 is 18.0 Å². The maximum atomic E-state index is 12.1. The van der Waals surface area contributed by atoms with Gasteiger partial charge in [0.25, 0.3) is 0 Å².